The molecule has 1 aliphatic heterocycles. The highest BCUT2D eigenvalue weighted by Crippen LogP contribution is 2.56. The molecule has 1 aromatic heterocycles. The maximum absolute atomic E-state index is 5.94. The highest BCUT2D eigenvalue weighted by atomic mass is 32.2. The van der Waals surface area contributed by atoms with Crippen molar-refractivity contribution in [2.24, 2.45) is 0 Å². The van der Waals surface area contributed by atoms with Crippen LogP contribution in [0.5, 0.6) is 0 Å². The van der Waals surface area contributed by atoms with Gasteiger partial charge in [0.2, 0.25) is 0 Å². The van der Waals surface area contributed by atoms with E-state index in [1.807, 2.05) is 41.7 Å². The molecule has 0 amide bonds. The van der Waals surface area contributed by atoms with Crippen LogP contribution in [0.2, 0.25) is 0 Å². The van der Waals surface area contributed by atoms with E-state index in [1.165, 1.54) is 15.2 Å². The van der Waals surface area contributed by atoms with Gasteiger partial charge in [-0.3, -0.25) is 0 Å². The van der Waals surface area contributed by atoms with Gasteiger partial charge >= 0.3 is 0 Å². The van der Waals surface area contributed by atoms with Crippen LogP contribution in [0, 0.1) is 0 Å². The minimum Gasteiger partial charge on any atom is -0.459 e. The van der Waals surface area contributed by atoms with Gasteiger partial charge in [-0.1, -0.05) is 30.3 Å². The highest BCUT2D eigenvalue weighted by molar-refractivity contribution is 8.18. The summed E-state index contributed by atoms with van der Waals surface area (Å²) in [5.74, 6) is 1.06. The van der Waals surface area contributed by atoms with Gasteiger partial charge in [0.05, 0.1) is 0 Å². The van der Waals surface area contributed by atoms with Crippen LogP contribution < -0.4 is 0 Å². The second-order valence-electron chi connectivity index (χ2n) is 4.20. The predicted octanol–water partition coefficient (Wildman–Crippen LogP) is 5.33. The zero-order valence-corrected chi connectivity index (χ0v) is 11.1. The molecule has 3 aromatic rings. The molecule has 1 aliphatic rings. The molecule has 88 valence electrons. The average Bonchev–Trinajstić information content (AvgIpc) is 3.02. The van der Waals surface area contributed by atoms with E-state index < -0.39 is 0 Å². The van der Waals surface area contributed by atoms with E-state index in [0.29, 0.717) is 4.58 Å². The molecule has 2 heterocycles. The first-order valence-electron chi connectivity index (χ1n) is 5.81. The third-order valence-corrected chi connectivity index (χ3v) is 5.81. The molecular formula is C15H10OS2. The van der Waals surface area contributed by atoms with E-state index in [4.69, 9.17) is 4.42 Å². The van der Waals surface area contributed by atoms with E-state index in [1.54, 1.807) is 0 Å². The lowest BCUT2D eigenvalue weighted by molar-refractivity contribution is 0.572. The van der Waals surface area contributed by atoms with Gasteiger partial charge in [0.15, 0.2) is 0 Å². The van der Waals surface area contributed by atoms with Crippen molar-refractivity contribution in [3.8, 4) is 0 Å². The van der Waals surface area contributed by atoms with E-state index >= 15 is 0 Å². The molecule has 0 fully saturated rings. The summed E-state index contributed by atoms with van der Waals surface area (Å²) in [4.78, 5) is 2.71. The molecular weight excluding hydrogens is 260 g/mol. The molecule has 0 radical (unpaired) electrons. The Morgan fingerprint density at radius 2 is 1.50 bits per heavy atom. The summed E-state index contributed by atoms with van der Waals surface area (Å²) in [7, 11) is 0. The van der Waals surface area contributed by atoms with E-state index in [9.17, 15) is 0 Å². The molecule has 3 heteroatoms. The number of fused-ring (bicyclic) bond motifs is 2. The summed E-state index contributed by atoms with van der Waals surface area (Å²) in [6, 6.07) is 18.9. The lowest BCUT2D eigenvalue weighted by atomic mass is 10.2. The topological polar surface area (TPSA) is 13.1 Å². The Hall–Kier alpha value is -1.32. The van der Waals surface area contributed by atoms with Gasteiger partial charge in [-0.2, -0.15) is 0 Å². The van der Waals surface area contributed by atoms with Crippen LogP contribution in [-0.4, -0.2) is 0 Å². The Kier molecular flexibility index (Phi) is 2.42. The molecule has 0 bridgehead atoms. The molecule has 0 N–H and O–H groups in total. The van der Waals surface area contributed by atoms with Gasteiger partial charge in [0.1, 0.15) is 15.9 Å². The normalized spacial score (nSPS) is 15.1. The van der Waals surface area contributed by atoms with Crippen LogP contribution in [0.4, 0.5) is 0 Å². The Morgan fingerprint density at radius 1 is 0.833 bits per heavy atom. The van der Waals surface area contributed by atoms with Crippen molar-refractivity contribution < 1.29 is 4.42 Å². The van der Waals surface area contributed by atoms with E-state index in [0.717, 1.165) is 11.3 Å². The Bertz CT molecular complexity index is 659. The predicted molar refractivity (Wildman–Crippen MR) is 77.1 cm³/mol. The third kappa shape index (κ3) is 1.66. The second kappa shape index (κ2) is 4.11. The summed E-state index contributed by atoms with van der Waals surface area (Å²) in [6.07, 6.45) is 0. The minimum absolute atomic E-state index is 0.342. The van der Waals surface area contributed by atoms with Gasteiger partial charge in [0.25, 0.3) is 0 Å². The monoisotopic (exact) mass is 270 g/mol. The smallest absolute Gasteiger partial charge is 0.134 e. The van der Waals surface area contributed by atoms with Crippen LogP contribution in [0.3, 0.4) is 0 Å². The molecule has 4 rings (SSSR count). The SMILES string of the molecule is c1ccc2c(c1)SC(c1cc3ccccc3o1)S2. The van der Waals surface area contributed by atoms with Crippen LogP contribution in [0.25, 0.3) is 11.0 Å². The van der Waals surface area contributed by atoms with Crippen molar-refractivity contribution in [3.05, 3.63) is 60.4 Å². The van der Waals surface area contributed by atoms with Gasteiger partial charge in [-0.05, 0) is 24.3 Å². The van der Waals surface area contributed by atoms with Crippen LogP contribution >= 0.6 is 23.5 Å². The van der Waals surface area contributed by atoms with Gasteiger partial charge in [-0.15, -0.1) is 23.5 Å². The van der Waals surface area contributed by atoms with Crippen molar-refractivity contribution in [3.63, 3.8) is 0 Å². The Morgan fingerprint density at radius 3 is 2.22 bits per heavy atom. The number of hydrogen-bond acceptors (Lipinski definition) is 3. The molecule has 0 unspecified atom stereocenters. The molecule has 0 saturated heterocycles. The van der Waals surface area contributed by atoms with Crippen molar-refractivity contribution in [2.45, 2.75) is 14.4 Å². The van der Waals surface area contributed by atoms with E-state index in [-0.39, 0.29) is 0 Å². The first-order chi connectivity index (χ1) is 8.90. The van der Waals surface area contributed by atoms with Crippen LogP contribution in [0.1, 0.15) is 10.3 Å². The van der Waals surface area contributed by atoms with Crippen molar-refractivity contribution in [1.29, 1.82) is 0 Å². The molecule has 1 nitrogen and oxygen atoms in total. The Balaban J connectivity index is 1.73. The molecule has 0 spiro atoms. The highest BCUT2D eigenvalue weighted by Gasteiger charge is 2.26. The molecule has 18 heavy (non-hydrogen) atoms. The van der Waals surface area contributed by atoms with Gasteiger partial charge in [-0.25, -0.2) is 0 Å². The molecule has 0 saturated carbocycles. The number of para-hydroxylation sites is 1. The Labute approximate surface area is 114 Å². The second-order valence-corrected chi connectivity index (χ2v) is 6.79. The number of furan rings is 1. The number of benzene rings is 2. The number of thioether (sulfide) groups is 2. The van der Waals surface area contributed by atoms with Gasteiger partial charge < -0.3 is 4.42 Å². The summed E-state index contributed by atoms with van der Waals surface area (Å²) in [5, 5.41) is 1.18. The summed E-state index contributed by atoms with van der Waals surface area (Å²) in [6.45, 7) is 0. The number of hydrogen-bond donors (Lipinski definition) is 0. The first kappa shape index (κ1) is 10.6. The fourth-order valence-corrected chi connectivity index (χ4v) is 4.85. The lowest BCUT2D eigenvalue weighted by Crippen LogP contribution is -1.78. The minimum atomic E-state index is 0.342. The zero-order chi connectivity index (χ0) is 11.9. The van der Waals surface area contributed by atoms with Crippen molar-refractivity contribution in [1.82, 2.24) is 0 Å². The standard InChI is InChI=1S/C15H10OS2/c1-2-6-11-10(5-1)9-12(16-11)15-17-13-7-3-4-8-14(13)18-15/h1-9,15H. The molecule has 0 aliphatic carbocycles. The lowest BCUT2D eigenvalue weighted by Gasteiger charge is -2.01. The molecule has 0 atom stereocenters. The van der Waals surface area contributed by atoms with E-state index in [2.05, 4.69) is 36.4 Å². The quantitative estimate of drug-likeness (QED) is 0.593. The fraction of sp³-hybridized carbons (Fsp3) is 0.0667. The van der Waals surface area contributed by atoms with Crippen LogP contribution in [-0.2, 0) is 0 Å². The average molecular weight is 270 g/mol. The summed E-state index contributed by atoms with van der Waals surface area (Å²) < 4.78 is 6.28. The van der Waals surface area contributed by atoms with Crippen molar-refractivity contribution >= 4 is 34.5 Å². The maximum Gasteiger partial charge on any atom is 0.134 e. The third-order valence-electron chi connectivity index (χ3n) is 2.99. The fourth-order valence-electron chi connectivity index (χ4n) is 2.13. The zero-order valence-electron chi connectivity index (χ0n) is 9.50. The first-order valence-corrected chi connectivity index (χ1v) is 7.57. The maximum atomic E-state index is 5.94. The summed E-state index contributed by atoms with van der Waals surface area (Å²) in [5.41, 5.74) is 0.977. The van der Waals surface area contributed by atoms with Gasteiger partial charge in [0, 0.05) is 15.2 Å². The van der Waals surface area contributed by atoms with Crippen LogP contribution in [0.15, 0.2) is 68.8 Å². The summed E-state index contributed by atoms with van der Waals surface area (Å²) >= 11 is 3.75. The van der Waals surface area contributed by atoms with Crippen molar-refractivity contribution in [2.75, 3.05) is 0 Å². The largest absolute Gasteiger partial charge is 0.459 e. The number of rotatable bonds is 1. The molecule has 2 aromatic carbocycles.